The molecule has 0 aromatic carbocycles. The molecule has 4 nitrogen and oxygen atoms in total. The third-order valence-electron chi connectivity index (χ3n) is 2.04. The maximum absolute atomic E-state index is 11.1. The first kappa shape index (κ1) is 14.7. The van der Waals surface area contributed by atoms with E-state index in [2.05, 4.69) is 6.92 Å². The lowest BCUT2D eigenvalue weighted by molar-refractivity contribution is -0.139. The maximum Gasteiger partial charge on any atom is 0.310 e. The molecular formula is C12H20O4. The quantitative estimate of drug-likeness (QED) is 0.374. The Morgan fingerprint density at radius 2 is 1.88 bits per heavy atom. The molecular weight excluding hydrogens is 208 g/mol. The molecule has 0 saturated carbocycles. The van der Waals surface area contributed by atoms with E-state index in [0.717, 1.165) is 19.3 Å². The van der Waals surface area contributed by atoms with Gasteiger partial charge in [0.2, 0.25) is 0 Å². The van der Waals surface area contributed by atoms with Crippen LogP contribution in [0.25, 0.3) is 0 Å². The Morgan fingerprint density at radius 3 is 2.50 bits per heavy atom. The number of rotatable bonds is 9. The molecule has 0 spiro atoms. The SMILES string of the molecule is CCCCC=COC(=O)CCCCC(=O)O. The number of hydrogen-bond donors (Lipinski definition) is 1. The molecule has 0 atom stereocenters. The number of ether oxygens (including phenoxy) is 1. The predicted octanol–water partition coefficient (Wildman–Crippen LogP) is 2.88. The van der Waals surface area contributed by atoms with E-state index in [1.54, 1.807) is 0 Å². The summed E-state index contributed by atoms with van der Waals surface area (Å²) in [4.78, 5) is 21.3. The van der Waals surface area contributed by atoms with E-state index in [4.69, 9.17) is 9.84 Å². The fraction of sp³-hybridized carbons (Fsp3) is 0.667. The second kappa shape index (κ2) is 10.2. The summed E-state index contributed by atoms with van der Waals surface area (Å²) in [6.07, 6.45) is 7.86. The van der Waals surface area contributed by atoms with Crippen molar-refractivity contribution < 1.29 is 19.4 Å². The van der Waals surface area contributed by atoms with Gasteiger partial charge in [-0.1, -0.05) is 13.3 Å². The number of allylic oxidation sites excluding steroid dienone is 1. The first-order chi connectivity index (χ1) is 7.66. The molecule has 0 radical (unpaired) electrons. The van der Waals surface area contributed by atoms with Gasteiger partial charge >= 0.3 is 11.9 Å². The molecule has 0 heterocycles. The number of carbonyl (C=O) groups is 2. The summed E-state index contributed by atoms with van der Waals surface area (Å²) in [6.45, 7) is 2.10. The molecule has 0 rings (SSSR count). The standard InChI is InChI=1S/C12H20O4/c1-2-3-4-7-10-16-12(15)9-6-5-8-11(13)14/h7,10H,2-6,8-9H2,1H3,(H,13,14). The van der Waals surface area contributed by atoms with E-state index >= 15 is 0 Å². The van der Waals surface area contributed by atoms with Crippen LogP contribution in [0.5, 0.6) is 0 Å². The predicted molar refractivity (Wildman–Crippen MR) is 60.9 cm³/mol. The van der Waals surface area contributed by atoms with Gasteiger partial charge in [-0.05, 0) is 31.8 Å². The van der Waals surface area contributed by atoms with Gasteiger partial charge in [-0.15, -0.1) is 0 Å². The topological polar surface area (TPSA) is 63.6 Å². The first-order valence-electron chi connectivity index (χ1n) is 5.73. The number of carboxylic acids is 1. The minimum absolute atomic E-state index is 0.111. The number of carboxylic acid groups (broad SMARTS) is 1. The zero-order valence-corrected chi connectivity index (χ0v) is 9.78. The minimum atomic E-state index is -0.826. The third-order valence-corrected chi connectivity index (χ3v) is 2.04. The second-order valence-corrected chi connectivity index (χ2v) is 3.60. The van der Waals surface area contributed by atoms with Crippen molar-refractivity contribution in [3.63, 3.8) is 0 Å². The van der Waals surface area contributed by atoms with Gasteiger partial charge in [0, 0.05) is 12.8 Å². The largest absolute Gasteiger partial charge is 0.481 e. The van der Waals surface area contributed by atoms with Gasteiger partial charge < -0.3 is 9.84 Å². The Balaban J connectivity index is 3.37. The van der Waals surface area contributed by atoms with Crippen LogP contribution in [-0.4, -0.2) is 17.0 Å². The van der Waals surface area contributed by atoms with Crippen molar-refractivity contribution in [1.82, 2.24) is 0 Å². The lowest BCUT2D eigenvalue weighted by Crippen LogP contribution is -2.00. The molecule has 0 saturated heterocycles. The smallest absolute Gasteiger partial charge is 0.310 e. The lowest BCUT2D eigenvalue weighted by atomic mass is 10.2. The fourth-order valence-electron chi connectivity index (χ4n) is 1.12. The molecule has 0 unspecified atom stereocenters. The van der Waals surface area contributed by atoms with E-state index in [1.807, 2.05) is 6.08 Å². The molecule has 92 valence electrons. The first-order valence-corrected chi connectivity index (χ1v) is 5.73. The van der Waals surface area contributed by atoms with Crippen molar-refractivity contribution in [2.75, 3.05) is 0 Å². The van der Waals surface area contributed by atoms with Crippen LogP contribution in [-0.2, 0) is 14.3 Å². The van der Waals surface area contributed by atoms with Crippen molar-refractivity contribution in [3.8, 4) is 0 Å². The van der Waals surface area contributed by atoms with Crippen LogP contribution in [0.3, 0.4) is 0 Å². The molecule has 0 amide bonds. The van der Waals surface area contributed by atoms with Crippen LogP contribution >= 0.6 is 0 Å². The van der Waals surface area contributed by atoms with Gasteiger partial charge in [-0.3, -0.25) is 9.59 Å². The second-order valence-electron chi connectivity index (χ2n) is 3.60. The fourth-order valence-corrected chi connectivity index (χ4v) is 1.12. The minimum Gasteiger partial charge on any atom is -0.481 e. The van der Waals surface area contributed by atoms with Crippen LogP contribution in [0, 0.1) is 0 Å². The normalized spacial score (nSPS) is 10.6. The van der Waals surface area contributed by atoms with Gasteiger partial charge in [0.25, 0.3) is 0 Å². The zero-order valence-electron chi connectivity index (χ0n) is 9.78. The van der Waals surface area contributed by atoms with E-state index < -0.39 is 5.97 Å². The van der Waals surface area contributed by atoms with Crippen LogP contribution in [0.4, 0.5) is 0 Å². The Kier molecular flexibility index (Phi) is 9.36. The average molecular weight is 228 g/mol. The molecule has 0 aromatic heterocycles. The summed E-state index contributed by atoms with van der Waals surface area (Å²) in [6, 6.07) is 0. The Morgan fingerprint density at radius 1 is 1.19 bits per heavy atom. The number of hydrogen-bond acceptors (Lipinski definition) is 3. The Hall–Kier alpha value is -1.32. The van der Waals surface area contributed by atoms with Gasteiger partial charge in [-0.25, -0.2) is 0 Å². The van der Waals surface area contributed by atoms with E-state index in [-0.39, 0.29) is 18.8 Å². The van der Waals surface area contributed by atoms with Crippen LogP contribution in [0.2, 0.25) is 0 Å². The van der Waals surface area contributed by atoms with Gasteiger partial charge in [0.1, 0.15) is 0 Å². The zero-order chi connectivity index (χ0) is 12.2. The maximum atomic E-state index is 11.1. The van der Waals surface area contributed by atoms with E-state index in [1.165, 1.54) is 6.26 Å². The third kappa shape index (κ3) is 10.8. The number of carbonyl (C=O) groups excluding carboxylic acids is 1. The highest BCUT2D eigenvalue weighted by molar-refractivity contribution is 5.70. The molecule has 1 N–H and O–H groups in total. The van der Waals surface area contributed by atoms with Gasteiger partial charge in [-0.2, -0.15) is 0 Å². The highest BCUT2D eigenvalue weighted by atomic mass is 16.5. The Bertz CT molecular complexity index is 233. The molecule has 0 aromatic rings. The molecule has 0 aliphatic rings. The van der Waals surface area contributed by atoms with Crippen molar-refractivity contribution in [3.05, 3.63) is 12.3 Å². The highest BCUT2D eigenvalue weighted by Crippen LogP contribution is 2.02. The number of esters is 1. The summed E-state index contributed by atoms with van der Waals surface area (Å²) in [7, 11) is 0. The van der Waals surface area contributed by atoms with Crippen LogP contribution in [0.1, 0.15) is 51.9 Å². The van der Waals surface area contributed by atoms with E-state index in [9.17, 15) is 9.59 Å². The summed E-state index contributed by atoms with van der Waals surface area (Å²) >= 11 is 0. The summed E-state index contributed by atoms with van der Waals surface area (Å²) < 4.78 is 4.83. The molecule has 0 bridgehead atoms. The van der Waals surface area contributed by atoms with Crippen molar-refractivity contribution in [1.29, 1.82) is 0 Å². The van der Waals surface area contributed by atoms with Crippen molar-refractivity contribution in [2.24, 2.45) is 0 Å². The average Bonchev–Trinajstić information content (AvgIpc) is 2.24. The summed E-state index contributed by atoms with van der Waals surface area (Å²) in [5.74, 6) is -1.12. The highest BCUT2D eigenvalue weighted by Gasteiger charge is 2.02. The molecule has 0 aliphatic heterocycles. The molecule has 4 heteroatoms. The van der Waals surface area contributed by atoms with Crippen LogP contribution in [0.15, 0.2) is 12.3 Å². The van der Waals surface area contributed by atoms with Gasteiger partial charge in [0.05, 0.1) is 6.26 Å². The number of aliphatic carboxylic acids is 1. The molecule has 0 aliphatic carbocycles. The van der Waals surface area contributed by atoms with E-state index in [0.29, 0.717) is 12.8 Å². The lowest BCUT2D eigenvalue weighted by Gasteiger charge is -1.98. The molecule has 16 heavy (non-hydrogen) atoms. The van der Waals surface area contributed by atoms with Crippen molar-refractivity contribution >= 4 is 11.9 Å². The number of unbranched alkanes of at least 4 members (excludes halogenated alkanes) is 3. The summed E-state index contributed by atoms with van der Waals surface area (Å²) in [5.41, 5.74) is 0. The van der Waals surface area contributed by atoms with Crippen LogP contribution < -0.4 is 0 Å². The van der Waals surface area contributed by atoms with Gasteiger partial charge in [0.15, 0.2) is 0 Å². The summed E-state index contributed by atoms with van der Waals surface area (Å²) in [5, 5.41) is 8.38. The Labute approximate surface area is 96.3 Å². The monoisotopic (exact) mass is 228 g/mol. The molecule has 0 fully saturated rings. The van der Waals surface area contributed by atoms with Crippen molar-refractivity contribution in [2.45, 2.75) is 51.9 Å².